The molecule has 0 saturated carbocycles. The number of benzene rings is 1. The van der Waals surface area contributed by atoms with Crippen molar-refractivity contribution in [2.75, 3.05) is 26.2 Å². The van der Waals surface area contributed by atoms with Crippen molar-refractivity contribution in [2.45, 2.75) is 25.5 Å². The number of nitrogens with zero attached hydrogens (tertiary/aromatic N) is 1. The molecule has 1 aliphatic heterocycles. The number of likely N-dealkylation sites (tertiary alicyclic amines) is 1. The lowest BCUT2D eigenvalue weighted by Crippen LogP contribution is -2.53. The summed E-state index contributed by atoms with van der Waals surface area (Å²) in [6.45, 7) is 4.86. The van der Waals surface area contributed by atoms with Crippen LogP contribution in [-0.2, 0) is 4.74 Å². The number of aryl methyl sites for hydroxylation is 1. The molecule has 132 valence electrons. The zero-order valence-corrected chi connectivity index (χ0v) is 14.8. The first-order chi connectivity index (χ1) is 10.0. The van der Waals surface area contributed by atoms with Crippen molar-refractivity contribution in [1.29, 1.82) is 0 Å². The van der Waals surface area contributed by atoms with Gasteiger partial charge in [-0.05, 0) is 25.5 Å². The van der Waals surface area contributed by atoms with E-state index in [1.807, 2.05) is 31.2 Å². The van der Waals surface area contributed by atoms with Crippen LogP contribution in [0.1, 0.15) is 12.0 Å². The van der Waals surface area contributed by atoms with Gasteiger partial charge in [-0.3, -0.25) is 4.90 Å². The van der Waals surface area contributed by atoms with Crippen LogP contribution in [0.15, 0.2) is 24.3 Å². The van der Waals surface area contributed by atoms with Crippen LogP contribution in [0.3, 0.4) is 0 Å². The fourth-order valence-electron chi connectivity index (χ4n) is 2.40. The largest absolute Gasteiger partial charge is 0.492 e. The molecule has 0 bridgehead atoms. The van der Waals surface area contributed by atoms with E-state index >= 15 is 0 Å². The fraction of sp³-hybridized carbons (Fsp3) is 0.533. The van der Waals surface area contributed by atoms with E-state index in [4.69, 9.17) is 20.9 Å². The van der Waals surface area contributed by atoms with Gasteiger partial charge in [0.2, 0.25) is 0 Å². The Morgan fingerprint density at radius 2 is 1.96 bits per heavy atom. The molecule has 1 saturated heterocycles. The summed E-state index contributed by atoms with van der Waals surface area (Å²) < 4.78 is 10.7. The predicted octanol–water partition coefficient (Wildman–Crippen LogP) is 1.71. The van der Waals surface area contributed by atoms with Gasteiger partial charge in [-0.25, -0.2) is 4.79 Å². The number of rotatable bonds is 5. The number of carbonyl (C=O) groups is 1. The molecule has 0 radical (unpaired) electrons. The van der Waals surface area contributed by atoms with Gasteiger partial charge in [0.15, 0.2) is 0 Å². The molecular formula is C15H25Cl2N3O3. The zero-order chi connectivity index (χ0) is 15.2. The lowest BCUT2D eigenvalue weighted by molar-refractivity contribution is 0.0298. The number of ether oxygens (including phenoxy) is 2. The highest BCUT2D eigenvalue weighted by Gasteiger charge is 2.28. The molecule has 2 rings (SSSR count). The van der Waals surface area contributed by atoms with Crippen molar-refractivity contribution >= 4 is 30.9 Å². The number of carbonyl (C=O) groups excluding carboxylic acids is 1. The van der Waals surface area contributed by atoms with Crippen molar-refractivity contribution < 1.29 is 14.3 Å². The summed E-state index contributed by atoms with van der Waals surface area (Å²) in [5.74, 6) is 0.860. The highest BCUT2D eigenvalue weighted by atomic mass is 35.5. The number of hydrogen-bond donors (Lipinski definition) is 2. The maximum absolute atomic E-state index is 10.8. The molecule has 0 aliphatic carbocycles. The molecule has 1 amide bonds. The van der Waals surface area contributed by atoms with Crippen LogP contribution >= 0.6 is 24.8 Å². The number of amides is 1. The topological polar surface area (TPSA) is 90.8 Å². The van der Waals surface area contributed by atoms with E-state index in [2.05, 4.69) is 4.90 Å². The van der Waals surface area contributed by atoms with Crippen molar-refractivity contribution in [1.82, 2.24) is 4.90 Å². The third-order valence-electron chi connectivity index (χ3n) is 3.66. The van der Waals surface area contributed by atoms with Crippen LogP contribution in [0.4, 0.5) is 4.79 Å². The fourth-order valence-corrected chi connectivity index (χ4v) is 2.40. The van der Waals surface area contributed by atoms with Gasteiger partial charge in [-0.15, -0.1) is 24.8 Å². The van der Waals surface area contributed by atoms with E-state index in [0.29, 0.717) is 13.2 Å². The molecule has 0 spiro atoms. The summed E-state index contributed by atoms with van der Waals surface area (Å²) >= 11 is 0. The summed E-state index contributed by atoms with van der Waals surface area (Å²) in [5, 5.41) is 0. The second-order valence-electron chi connectivity index (χ2n) is 5.39. The standard InChI is InChI=1S/C15H23N3O3.2ClH/c1-11-2-4-12(5-3-11)20-9-8-18-7-6-13(16)14(10-18)21-15(17)19;;/h2-5,13-14H,6-10,16H2,1H3,(H2,17,19);2*1H. The monoisotopic (exact) mass is 365 g/mol. The minimum atomic E-state index is -0.770. The quantitative estimate of drug-likeness (QED) is 0.828. The minimum absolute atomic E-state index is 0. The summed E-state index contributed by atoms with van der Waals surface area (Å²) in [5.41, 5.74) is 12.2. The maximum Gasteiger partial charge on any atom is 0.404 e. The molecule has 1 aromatic carbocycles. The van der Waals surface area contributed by atoms with Gasteiger partial charge in [0.05, 0.1) is 0 Å². The molecule has 6 nitrogen and oxygen atoms in total. The summed E-state index contributed by atoms with van der Waals surface area (Å²) in [6, 6.07) is 7.81. The van der Waals surface area contributed by atoms with E-state index in [0.717, 1.165) is 25.3 Å². The Balaban J connectivity index is 0.00000242. The lowest BCUT2D eigenvalue weighted by atomic mass is 10.0. The van der Waals surface area contributed by atoms with Crippen LogP contribution in [-0.4, -0.2) is 49.4 Å². The Labute approximate surface area is 149 Å². The van der Waals surface area contributed by atoms with Crippen LogP contribution in [0.25, 0.3) is 0 Å². The van der Waals surface area contributed by atoms with Crippen molar-refractivity contribution in [2.24, 2.45) is 11.5 Å². The van der Waals surface area contributed by atoms with Gasteiger partial charge < -0.3 is 20.9 Å². The van der Waals surface area contributed by atoms with Gasteiger partial charge in [0, 0.05) is 25.7 Å². The van der Waals surface area contributed by atoms with Crippen LogP contribution in [0.2, 0.25) is 0 Å². The number of primary amides is 1. The summed E-state index contributed by atoms with van der Waals surface area (Å²) in [6.07, 6.45) is -0.327. The molecule has 23 heavy (non-hydrogen) atoms. The van der Waals surface area contributed by atoms with Gasteiger partial charge in [0.1, 0.15) is 18.5 Å². The Morgan fingerprint density at radius 1 is 1.30 bits per heavy atom. The predicted molar refractivity (Wildman–Crippen MR) is 94.7 cm³/mol. The van der Waals surface area contributed by atoms with E-state index in [-0.39, 0.29) is 37.0 Å². The average Bonchev–Trinajstić information content (AvgIpc) is 2.44. The van der Waals surface area contributed by atoms with Gasteiger partial charge in [-0.2, -0.15) is 0 Å². The van der Waals surface area contributed by atoms with Crippen LogP contribution < -0.4 is 16.2 Å². The smallest absolute Gasteiger partial charge is 0.404 e. The Morgan fingerprint density at radius 3 is 2.57 bits per heavy atom. The molecule has 2 atom stereocenters. The van der Waals surface area contributed by atoms with Gasteiger partial charge in [-0.1, -0.05) is 17.7 Å². The molecule has 1 aromatic rings. The van der Waals surface area contributed by atoms with E-state index < -0.39 is 6.09 Å². The second-order valence-corrected chi connectivity index (χ2v) is 5.39. The molecular weight excluding hydrogens is 341 g/mol. The summed E-state index contributed by atoms with van der Waals surface area (Å²) in [4.78, 5) is 13.0. The normalized spacial score (nSPS) is 20.8. The van der Waals surface area contributed by atoms with Crippen molar-refractivity contribution in [3.05, 3.63) is 29.8 Å². The third-order valence-corrected chi connectivity index (χ3v) is 3.66. The number of piperidine rings is 1. The van der Waals surface area contributed by atoms with E-state index in [1.54, 1.807) is 0 Å². The molecule has 1 fully saturated rings. The average molecular weight is 366 g/mol. The molecule has 2 unspecified atom stereocenters. The van der Waals surface area contributed by atoms with Crippen LogP contribution in [0.5, 0.6) is 5.75 Å². The van der Waals surface area contributed by atoms with E-state index in [9.17, 15) is 4.79 Å². The van der Waals surface area contributed by atoms with Crippen molar-refractivity contribution in [3.8, 4) is 5.75 Å². The highest BCUT2D eigenvalue weighted by molar-refractivity contribution is 5.85. The second kappa shape index (κ2) is 10.5. The molecule has 4 N–H and O–H groups in total. The first-order valence-electron chi connectivity index (χ1n) is 7.18. The Bertz CT molecular complexity index is 474. The van der Waals surface area contributed by atoms with Gasteiger partial charge >= 0.3 is 6.09 Å². The minimum Gasteiger partial charge on any atom is -0.492 e. The SMILES string of the molecule is Cc1ccc(OCCN2CCC(N)C(OC(N)=O)C2)cc1.Cl.Cl. The first-order valence-corrected chi connectivity index (χ1v) is 7.18. The van der Waals surface area contributed by atoms with Gasteiger partial charge in [0.25, 0.3) is 0 Å². The Hall–Kier alpha value is -1.21. The van der Waals surface area contributed by atoms with Crippen molar-refractivity contribution in [3.63, 3.8) is 0 Å². The third kappa shape index (κ3) is 7.26. The molecule has 0 aromatic heterocycles. The Kier molecular flexibility index (Phi) is 9.99. The zero-order valence-electron chi connectivity index (χ0n) is 13.1. The highest BCUT2D eigenvalue weighted by Crippen LogP contribution is 2.14. The molecule has 1 aliphatic rings. The van der Waals surface area contributed by atoms with Crippen LogP contribution in [0, 0.1) is 6.92 Å². The maximum atomic E-state index is 10.8. The lowest BCUT2D eigenvalue weighted by Gasteiger charge is -2.35. The van der Waals surface area contributed by atoms with E-state index in [1.165, 1.54) is 5.56 Å². The number of halogens is 2. The first kappa shape index (κ1) is 21.8. The molecule has 8 heteroatoms. The number of hydrogen-bond acceptors (Lipinski definition) is 5. The summed E-state index contributed by atoms with van der Waals surface area (Å²) in [7, 11) is 0. The molecule has 1 heterocycles. The number of nitrogens with two attached hydrogens (primary N) is 2.